The fourth-order valence-corrected chi connectivity index (χ4v) is 4.59. The van der Waals surface area contributed by atoms with Crippen molar-refractivity contribution >= 4 is 11.7 Å². The van der Waals surface area contributed by atoms with E-state index >= 15 is 0 Å². The molecule has 0 spiro atoms. The van der Waals surface area contributed by atoms with E-state index in [9.17, 15) is 8.78 Å². The zero-order chi connectivity index (χ0) is 27.3. The summed E-state index contributed by atoms with van der Waals surface area (Å²) < 4.78 is 50.3. The number of nitrogens with zero attached hydrogens (tertiary/aromatic N) is 1. The van der Waals surface area contributed by atoms with Crippen LogP contribution in [-0.2, 0) is 9.47 Å². The molecule has 0 radical (unpaired) electrons. The molecule has 0 saturated carbocycles. The fourth-order valence-electron chi connectivity index (χ4n) is 4.59. The molecule has 1 aliphatic heterocycles. The van der Waals surface area contributed by atoms with Gasteiger partial charge in [0.05, 0.1) is 37.6 Å². The first kappa shape index (κ1) is 29.4. The summed E-state index contributed by atoms with van der Waals surface area (Å²) in [5.74, 6) is 0.930. The summed E-state index contributed by atoms with van der Waals surface area (Å²) in [6, 6.07) is 9.30. The predicted molar refractivity (Wildman–Crippen MR) is 146 cm³/mol. The van der Waals surface area contributed by atoms with Crippen molar-refractivity contribution in [2.45, 2.75) is 46.0 Å². The molecule has 1 aliphatic rings. The van der Waals surface area contributed by atoms with E-state index in [0.717, 1.165) is 51.7 Å². The molecule has 0 aromatic heterocycles. The van der Waals surface area contributed by atoms with Gasteiger partial charge < -0.3 is 23.8 Å². The topological polar surface area (TPSA) is 64.0 Å². The lowest BCUT2D eigenvalue weighted by molar-refractivity contribution is 0.161. The maximum atomic E-state index is 14.3. The average Bonchev–Trinajstić information content (AvgIpc) is 2.90. The molecule has 3 rings (SSSR count). The standard InChI is InChI=1S/C30H40F2N2O4/c1-4-35-22(3)26-11-9-24(20-28(26)31)37-18-6-8-23-13-16-34(17-14-23)15-7-19-38-25-10-12-27(29(32)21-25)30(33)36-5-2/h9-12,20-21,23,33H,3-8,13-19H2,1-2H3. The van der Waals surface area contributed by atoms with Gasteiger partial charge in [0, 0.05) is 18.7 Å². The number of nitrogens with one attached hydrogen (secondary N) is 1. The van der Waals surface area contributed by atoms with Gasteiger partial charge >= 0.3 is 0 Å². The van der Waals surface area contributed by atoms with Gasteiger partial charge in [-0.25, -0.2) is 8.78 Å². The Bertz CT molecular complexity index is 971. The van der Waals surface area contributed by atoms with Crippen molar-refractivity contribution in [1.29, 1.82) is 5.41 Å². The molecule has 6 nitrogen and oxygen atoms in total. The van der Waals surface area contributed by atoms with Gasteiger partial charge in [-0.3, -0.25) is 5.41 Å². The van der Waals surface area contributed by atoms with Crippen LogP contribution in [0.15, 0.2) is 43.0 Å². The van der Waals surface area contributed by atoms with Gasteiger partial charge in [-0.2, -0.15) is 0 Å². The third-order valence-corrected chi connectivity index (χ3v) is 6.65. The van der Waals surface area contributed by atoms with Crippen LogP contribution in [0, 0.1) is 23.0 Å². The Labute approximate surface area is 225 Å². The van der Waals surface area contributed by atoms with Crippen LogP contribution < -0.4 is 9.47 Å². The molecule has 0 atom stereocenters. The van der Waals surface area contributed by atoms with E-state index in [-0.39, 0.29) is 17.3 Å². The van der Waals surface area contributed by atoms with Crippen LogP contribution in [0.5, 0.6) is 11.5 Å². The van der Waals surface area contributed by atoms with Crippen LogP contribution in [0.4, 0.5) is 8.78 Å². The number of rotatable bonds is 15. The Kier molecular flexibility index (Phi) is 11.9. The number of halogens is 2. The van der Waals surface area contributed by atoms with Gasteiger partial charge in [0.1, 0.15) is 28.9 Å². The minimum atomic E-state index is -0.512. The van der Waals surface area contributed by atoms with Gasteiger partial charge in [0.2, 0.25) is 5.90 Å². The van der Waals surface area contributed by atoms with Crippen molar-refractivity contribution < 1.29 is 27.7 Å². The van der Waals surface area contributed by atoms with Crippen molar-refractivity contribution in [3.05, 3.63) is 65.7 Å². The number of benzene rings is 2. The summed E-state index contributed by atoms with van der Waals surface area (Å²) in [4.78, 5) is 2.45. The molecule has 1 fully saturated rings. The summed E-state index contributed by atoms with van der Waals surface area (Å²) >= 11 is 0. The highest BCUT2D eigenvalue weighted by Crippen LogP contribution is 2.25. The third-order valence-electron chi connectivity index (χ3n) is 6.65. The van der Waals surface area contributed by atoms with Crippen molar-refractivity contribution in [1.82, 2.24) is 4.90 Å². The molecular formula is C30H40F2N2O4. The zero-order valence-corrected chi connectivity index (χ0v) is 22.6. The van der Waals surface area contributed by atoms with Gasteiger partial charge in [0.25, 0.3) is 0 Å². The van der Waals surface area contributed by atoms with Crippen LogP contribution in [-0.4, -0.2) is 56.9 Å². The second-order valence-corrected chi connectivity index (χ2v) is 9.38. The molecule has 1 N–H and O–H groups in total. The second-order valence-electron chi connectivity index (χ2n) is 9.38. The van der Waals surface area contributed by atoms with Crippen LogP contribution in [0.25, 0.3) is 5.76 Å². The third kappa shape index (κ3) is 9.01. The van der Waals surface area contributed by atoms with E-state index in [4.69, 9.17) is 24.4 Å². The summed E-state index contributed by atoms with van der Waals surface area (Å²) in [5, 5.41) is 7.72. The Balaban J connectivity index is 1.27. The minimum absolute atomic E-state index is 0.140. The van der Waals surface area contributed by atoms with Crippen molar-refractivity contribution in [2.75, 3.05) is 46.1 Å². The monoisotopic (exact) mass is 530 g/mol. The number of hydrogen-bond donors (Lipinski definition) is 1. The fraction of sp³-hybridized carbons (Fsp3) is 0.500. The van der Waals surface area contributed by atoms with Crippen LogP contribution in [0.1, 0.15) is 57.1 Å². The predicted octanol–water partition coefficient (Wildman–Crippen LogP) is 6.67. The maximum Gasteiger partial charge on any atom is 0.216 e. The number of likely N-dealkylation sites (tertiary alicyclic amines) is 1. The lowest BCUT2D eigenvalue weighted by atomic mass is 9.92. The van der Waals surface area contributed by atoms with Crippen LogP contribution in [0.2, 0.25) is 0 Å². The molecule has 1 saturated heterocycles. The highest BCUT2D eigenvalue weighted by molar-refractivity contribution is 5.92. The van der Waals surface area contributed by atoms with Gasteiger partial charge in [-0.1, -0.05) is 6.58 Å². The summed E-state index contributed by atoms with van der Waals surface area (Å²) in [6.45, 7) is 12.3. The zero-order valence-electron chi connectivity index (χ0n) is 22.6. The normalized spacial score (nSPS) is 14.2. The number of piperidine rings is 1. The van der Waals surface area contributed by atoms with Gasteiger partial charge in [-0.15, -0.1) is 0 Å². The molecule has 0 aliphatic carbocycles. The average molecular weight is 531 g/mol. The van der Waals surface area contributed by atoms with Crippen LogP contribution >= 0.6 is 0 Å². The van der Waals surface area contributed by atoms with Gasteiger partial charge in [-0.05, 0) is 89.2 Å². The van der Waals surface area contributed by atoms with E-state index in [1.54, 1.807) is 25.1 Å². The maximum absolute atomic E-state index is 14.3. The minimum Gasteiger partial charge on any atom is -0.494 e. The molecule has 0 bridgehead atoms. The Morgan fingerprint density at radius 2 is 1.47 bits per heavy atom. The van der Waals surface area contributed by atoms with Crippen molar-refractivity contribution in [2.24, 2.45) is 5.92 Å². The molecule has 38 heavy (non-hydrogen) atoms. The van der Waals surface area contributed by atoms with E-state index in [1.807, 2.05) is 6.92 Å². The first-order valence-corrected chi connectivity index (χ1v) is 13.5. The Morgan fingerprint density at radius 3 is 2.05 bits per heavy atom. The van der Waals surface area contributed by atoms with E-state index < -0.39 is 5.82 Å². The molecular weight excluding hydrogens is 490 g/mol. The number of hydrogen-bond acceptors (Lipinski definition) is 6. The Morgan fingerprint density at radius 1 is 0.895 bits per heavy atom. The lowest BCUT2D eigenvalue weighted by Gasteiger charge is -2.32. The molecule has 0 amide bonds. The summed E-state index contributed by atoms with van der Waals surface area (Å²) in [5.41, 5.74) is 0.502. The molecule has 8 heteroatoms. The largest absolute Gasteiger partial charge is 0.494 e. The highest BCUT2D eigenvalue weighted by atomic mass is 19.1. The second kappa shape index (κ2) is 15.3. The Hall–Kier alpha value is -3.13. The summed E-state index contributed by atoms with van der Waals surface area (Å²) in [6.07, 6.45) is 5.21. The quantitative estimate of drug-likeness (QED) is 0.121. The van der Waals surface area contributed by atoms with Gasteiger partial charge in [0.15, 0.2) is 0 Å². The SMILES string of the molecule is C=C(OCC)c1ccc(OCCCC2CCN(CCCOc3ccc(C(=N)OCC)c(F)c3)CC2)cc1F. The lowest BCUT2D eigenvalue weighted by Crippen LogP contribution is -2.35. The van der Waals surface area contributed by atoms with E-state index in [2.05, 4.69) is 11.5 Å². The molecule has 2 aromatic carbocycles. The highest BCUT2D eigenvalue weighted by Gasteiger charge is 2.19. The smallest absolute Gasteiger partial charge is 0.216 e. The molecule has 0 unspecified atom stereocenters. The first-order chi connectivity index (χ1) is 18.4. The summed E-state index contributed by atoms with van der Waals surface area (Å²) in [7, 11) is 0. The molecule has 2 aromatic rings. The molecule has 1 heterocycles. The first-order valence-electron chi connectivity index (χ1n) is 13.5. The van der Waals surface area contributed by atoms with Crippen LogP contribution in [0.3, 0.4) is 0 Å². The van der Waals surface area contributed by atoms with E-state index in [0.29, 0.717) is 55.2 Å². The van der Waals surface area contributed by atoms with E-state index in [1.165, 1.54) is 18.2 Å². The molecule has 208 valence electrons. The number of ether oxygens (including phenoxy) is 4. The van der Waals surface area contributed by atoms with Crippen molar-refractivity contribution in [3.8, 4) is 11.5 Å². The van der Waals surface area contributed by atoms with Crippen molar-refractivity contribution in [3.63, 3.8) is 0 Å².